The van der Waals surface area contributed by atoms with Gasteiger partial charge in [-0.25, -0.2) is 8.78 Å². The van der Waals surface area contributed by atoms with Gasteiger partial charge in [0.2, 0.25) is 0 Å². The largest absolute Gasteiger partial charge is 0.480 e. The lowest BCUT2D eigenvalue weighted by atomic mass is 9.98. The summed E-state index contributed by atoms with van der Waals surface area (Å²) in [6.45, 7) is -0.302. The van der Waals surface area contributed by atoms with E-state index in [1.165, 1.54) is 0 Å². The van der Waals surface area contributed by atoms with Crippen LogP contribution in [-0.2, 0) is 4.79 Å². The van der Waals surface area contributed by atoms with Crippen molar-refractivity contribution in [3.05, 3.63) is 0 Å². The molecule has 6 heteroatoms. The third-order valence-electron chi connectivity index (χ3n) is 3.43. The molecular weight excluding hydrogens is 218 g/mol. The van der Waals surface area contributed by atoms with Crippen LogP contribution in [0.1, 0.15) is 19.3 Å². The van der Waals surface area contributed by atoms with E-state index in [4.69, 9.17) is 5.11 Å². The number of likely N-dealkylation sites (N-methyl/N-ethyl adjacent to an activating group) is 1. The summed E-state index contributed by atoms with van der Waals surface area (Å²) in [5.41, 5.74) is -0.943. The second-order valence-corrected chi connectivity index (χ2v) is 4.36. The number of carbonyl (C=O) groups is 1. The van der Waals surface area contributed by atoms with Gasteiger partial charge in [-0.05, 0) is 33.4 Å². The van der Waals surface area contributed by atoms with Gasteiger partial charge in [0.25, 0.3) is 6.43 Å². The zero-order valence-corrected chi connectivity index (χ0v) is 9.54. The molecule has 0 bridgehead atoms. The fourth-order valence-electron chi connectivity index (χ4n) is 2.29. The summed E-state index contributed by atoms with van der Waals surface area (Å²) in [7, 11) is 3.22. The molecular formula is C10H18F2N2O2. The highest BCUT2D eigenvalue weighted by molar-refractivity contribution is 5.79. The number of hydrogen-bond acceptors (Lipinski definition) is 3. The second kappa shape index (κ2) is 5.05. The second-order valence-electron chi connectivity index (χ2n) is 4.36. The summed E-state index contributed by atoms with van der Waals surface area (Å²) in [6.07, 6.45) is -0.880. The highest BCUT2D eigenvalue weighted by Gasteiger charge is 2.45. The van der Waals surface area contributed by atoms with Crippen LogP contribution in [0.25, 0.3) is 0 Å². The Morgan fingerprint density at radius 3 is 2.69 bits per heavy atom. The van der Waals surface area contributed by atoms with E-state index in [0.29, 0.717) is 19.3 Å². The third-order valence-corrected chi connectivity index (χ3v) is 3.43. The molecule has 1 fully saturated rings. The van der Waals surface area contributed by atoms with Gasteiger partial charge in [-0.15, -0.1) is 0 Å². The highest BCUT2D eigenvalue weighted by Crippen LogP contribution is 2.32. The van der Waals surface area contributed by atoms with Crippen LogP contribution in [0.5, 0.6) is 0 Å². The Balaban J connectivity index is 2.60. The standard InChI is InChI=1S/C10H18F2N2O2/c1-13-10(9(15)16)4-3-7(5-10)14(2)6-8(11)12/h7-8,13H,3-6H2,1-2H3,(H,15,16). The Morgan fingerprint density at radius 1 is 1.69 bits per heavy atom. The minimum absolute atomic E-state index is 0.0856. The van der Waals surface area contributed by atoms with Crippen LogP contribution in [0.4, 0.5) is 8.78 Å². The van der Waals surface area contributed by atoms with Crippen molar-refractivity contribution < 1.29 is 18.7 Å². The Bertz CT molecular complexity index is 263. The molecule has 0 aromatic heterocycles. The fraction of sp³-hybridized carbons (Fsp3) is 0.900. The molecule has 0 aliphatic heterocycles. The molecule has 1 rings (SSSR count). The van der Waals surface area contributed by atoms with Gasteiger partial charge < -0.3 is 10.4 Å². The maximum atomic E-state index is 12.2. The molecule has 0 aromatic carbocycles. The van der Waals surface area contributed by atoms with Gasteiger partial charge in [-0.3, -0.25) is 9.69 Å². The molecule has 2 N–H and O–H groups in total. The van der Waals surface area contributed by atoms with E-state index >= 15 is 0 Å². The first kappa shape index (κ1) is 13.3. The van der Waals surface area contributed by atoms with Crippen LogP contribution in [0.3, 0.4) is 0 Å². The van der Waals surface area contributed by atoms with Crippen LogP contribution >= 0.6 is 0 Å². The Hall–Kier alpha value is -0.750. The summed E-state index contributed by atoms with van der Waals surface area (Å²) in [4.78, 5) is 12.7. The number of nitrogens with one attached hydrogen (secondary N) is 1. The van der Waals surface area contributed by atoms with Crippen molar-refractivity contribution in [3.63, 3.8) is 0 Å². The number of aliphatic carboxylic acids is 1. The fourth-order valence-corrected chi connectivity index (χ4v) is 2.29. The van der Waals surface area contributed by atoms with Gasteiger partial charge in [-0.1, -0.05) is 0 Å². The summed E-state index contributed by atoms with van der Waals surface area (Å²) in [5, 5.41) is 11.9. The number of alkyl halides is 2. The van der Waals surface area contributed by atoms with Crippen LogP contribution < -0.4 is 5.32 Å². The average Bonchev–Trinajstić information content (AvgIpc) is 2.61. The molecule has 1 aliphatic rings. The molecule has 0 radical (unpaired) electrons. The topological polar surface area (TPSA) is 52.6 Å². The van der Waals surface area contributed by atoms with Gasteiger partial charge in [0.05, 0.1) is 6.54 Å². The van der Waals surface area contributed by atoms with Gasteiger partial charge in [0.15, 0.2) is 0 Å². The molecule has 1 aliphatic carbocycles. The van der Waals surface area contributed by atoms with Gasteiger partial charge >= 0.3 is 5.97 Å². The quantitative estimate of drug-likeness (QED) is 0.740. The molecule has 0 saturated heterocycles. The van der Waals surface area contributed by atoms with Gasteiger partial charge in [0, 0.05) is 6.04 Å². The SMILES string of the molecule is CNC1(C(=O)O)CCC(N(C)CC(F)F)C1. The predicted octanol–water partition coefficient (Wildman–Crippen LogP) is 0.779. The summed E-state index contributed by atoms with van der Waals surface area (Å²) < 4.78 is 24.4. The van der Waals surface area contributed by atoms with Gasteiger partial charge in [0.1, 0.15) is 5.54 Å². The van der Waals surface area contributed by atoms with Crippen LogP contribution in [0.2, 0.25) is 0 Å². The van der Waals surface area contributed by atoms with E-state index in [1.807, 2.05) is 0 Å². The van der Waals surface area contributed by atoms with Crippen molar-refractivity contribution in [2.45, 2.75) is 37.3 Å². The first-order valence-electron chi connectivity index (χ1n) is 5.32. The first-order chi connectivity index (χ1) is 7.41. The van der Waals surface area contributed by atoms with Crippen LogP contribution in [-0.4, -0.2) is 54.6 Å². The number of rotatable bonds is 5. The summed E-state index contributed by atoms with van der Waals surface area (Å²) in [5.74, 6) is -0.900. The normalized spacial score (nSPS) is 30.2. The third kappa shape index (κ3) is 2.68. The van der Waals surface area contributed by atoms with Crippen molar-refractivity contribution in [1.29, 1.82) is 0 Å². The molecule has 0 aromatic rings. The van der Waals surface area contributed by atoms with Crippen molar-refractivity contribution in [3.8, 4) is 0 Å². The van der Waals surface area contributed by atoms with Crippen molar-refractivity contribution in [2.75, 3.05) is 20.6 Å². The molecule has 0 heterocycles. The molecule has 1 saturated carbocycles. The number of hydrogen-bond donors (Lipinski definition) is 2. The molecule has 2 atom stereocenters. The van der Waals surface area contributed by atoms with E-state index in [2.05, 4.69) is 5.32 Å². The number of halogens is 2. The summed E-state index contributed by atoms with van der Waals surface area (Å²) >= 11 is 0. The van der Waals surface area contributed by atoms with Gasteiger partial charge in [-0.2, -0.15) is 0 Å². The zero-order valence-electron chi connectivity index (χ0n) is 9.54. The van der Waals surface area contributed by atoms with E-state index in [9.17, 15) is 13.6 Å². The van der Waals surface area contributed by atoms with E-state index in [-0.39, 0.29) is 12.6 Å². The minimum atomic E-state index is -2.38. The van der Waals surface area contributed by atoms with E-state index in [0.717, 1.165) is 0 Å². The molecule has 0 amide bonds. The lowest BCUT2D eigenvalue weighted by molar-refractivity contribution is -0.144. The average molecular weight is 236 g/mol. The molecule has 16 heavy (non-hydrogen) atoms. The Morgan fingerprint density at radius 2 is 2.31 bits per heavy atom. The van der Waals surface area contributed by atoms with Crippen LogP contribution in [0.15, 0.2) is 0 Å². The minimum Gasteiger partial charge on any atom is -0.480 e. The summed E-state index contributed by atoms with van der Waals surface area (Å²) in [6, 6.07) is -0.0856. The molecule has 0 spiro atoms. The lowest BCUT2D eigenvalue weighted by Crippen LogP contribution is -2.49. The van der Waals surface area contributed by atoms with E-state index in [1.54, 1.807) is 19.0 Å². The molecule has 94 valence electrons. The number of nitrogens with zero attached hydrogens (tertiary/aromatic N) is 1. The zero-order chi connectivity index (χ0) is 12.3. The maximum Gasteiger partial charge on any atom is 0.323 e. The maximum absolute atomic E-state index is 12.2. The van der Waals surface area contributed by atoms with Crippen molar-refractivity contribution in [2.24, 2.45) is 0 Å². The lowest BCUT2D eigenvalue weighted by Gasteiger charge is -2.27. The Labute approximate surface area is 93.6 Å². The highest BCUT2D eigenvalue weighted by atomic mass is 19.3. The van der Waals surface area contributed by atoms with E-state index < -0.39 is 17.9 Å². The molecule has 2 unspecified atom stereocenters. The number of carboxylic acid groups (broad SMARTS) is 1. The monoisotopic (exact) mass is 236 g/mol. The van der Waals surface area contributed by atoms with Crippen molar-refractivity contribution >= 4 is 5.97 Å². The number of carboxylic acids is 1. The van der Waals surface area contributed by atoms with Crippen molar-refractivity contribution in [1.82, 2.24) is 10.2 Å². The predicted molar refractivity (Wildman–Crippen MR) is 55.7 cm³/mol. The van der Waals surface area contributed by atoms with Crippen LogP contribution in [0, 0.1) is 0 Å². The first-order valence-corrected chi connectivity index (χ1v) is 5.32. The smallest absolute Gasteiger partial charge is 0.323 e. The Kier molecular flexibility index (Phi) is 4.21. The molecule has 4 nitrogen and oxygen atoms in total.